The molecule has 1 aliphatic rings. The Morgan fingerprint density at radius 1 is 1.61 bits per heavy atom. The summed E-state index contributed by atoms with van der Waals surface area (Å²) < 4.78 is 11.0. The highest BCUT2D eigenvalue weighted by atomic mass is 32.1. The van der Waals surface area contributed by atoms with Gasteiger partial charge >= 0.3 is 0 Å². The van der Waals surface area contributed by atoms with Crippen LogP contribution < -0.4 is 5.32 Å². The zero-order chi connectivity index (χ0) is 16.2. The SMILES string of the molecule is Cc1csc([C@H]2CN([C@H](C)C(=O)NCc3ccco3)CCO2)n1. The van der Waals surface area contributed by atoms with E-state index in [4.69, 9.17) is 9.15 Å². The summed E-state index contributed by atoms with van der Waals surface area (Å²) in [6.07, 6.45) is 1.55. The van der Waals surface area contributed by atoms with Gasteiger partial charge < -0.3 is 14.5 Å². The van der Waals surface area contributed by atoms with Gasteiger partial charge in [-0.2, -0.15) is 0 Å². The molecule has 0 radical (unpaired) electrons. The second kappa shape index (κ2) is 7.25. The Balaban J connectivity index is 1.55. The summed E-state index contributed by atoms with van der Waals surface area (Å²) in [7, 11) is 0. The molecule has 2 aromatic rings. The van der Waals surface area contributed by atoms with E-state index < -0.39 is 0 Å². The normalized spacial score (nSPS) is 20.3. The minimum atomic E-state index is -0.211. The molecule has 0 aromatic carbocycles. The Hall–Kier alpha value is -1.70. The molecule has 3 heterocycles. The molecule has 124 valence electrons. The molecule has 1 aliphatic heterocycles. The molecule has 0 saturated carbocycles. The van der Waals surface area contributed by atoms with E-state index in [0.717, 1.165) is 23.0 Å². The lowest BCUT2D eigenvalue weighted by atomic mass is 10.2. The largest absolute Gasteiger partial charge is 0.467 e. The number of hydrogen-bond donors (Lipinski definition) is 1. The van der Waals surface area contributed by atoms with E-state index in [-0.39, 0.29) is 18.1 Å². The summed E-state index contributed by atoms with van der Waals surface area (Å²) in [5.41, 5.74) is 1.01. The number of amides is 1. The van der Waals surface area contributed by atoms with Crippen molar-refractivity contribution in [2.24, 2.45) is 0 Å². The number of morpholine rings is 1. The van der Waals surface area contributed by atoms with Crippen LogP contribution in [0.4, 0.5) is 0 Å². The maximum Gasteiger partial charge on any atom is 0.237 e. The van der Waals surface area contributed by atoms with Gasteiger partial charge in [0, 0.05) is 24.2 Å². The predicted molar refractivity (Wildman–Crippen MR) is 87.1 cm³/mol. The first-order valence-electron chi connectivity index (χ1n) is 7.71. The zero-order valence-electron chi connectivity index (χ0n) is 13.3. The fourth-order valence-corrected chi connectivity index (χ4v) is 3.43. The maximum atomic E-state index is 12.3. The van der Waals surface area contributed by atoms with Crippen molar-refractivity contribution in [3.05, 3.63) is 40.2 Å². The van der Waals surface area contributed by atoms with Crippen LogP contribution in [0.15, 0.2) is 28.2 Å². The van der Waals surface area contributed by atoms with Gasteiger partial charge in [-0.25, -0.2) is 4.98 Å². The van der Waals surface area contributed by atoms with Crippen LogP contribution in [0.5, 0.6) is 0 Å². The summed E-state index contributed by atoms with van der Waals surface area (Å²) in [6, 6.07) is 3.45. The Bertz CT molecular complexity index is 641. The lowest BCUT2D eigenvalue weighted by Gasteiger charge is -2.35. The molecule has 1 fully saturated rings. The minimum Gasteiger partial charge on any atom is -0.467 e. The van der Waals surface area contributed by atoms with Crippen molar-refractivity contribution in [2.75, 3.05) is 19.7 Å². The lowest BCUT2D eigenvalue weighted by molar-refractivity contribution is -0.129. The van der Waals surface area contributed by atoms with Crippen molar-refractivity contribution in [1.82, 2.24) is 15.2 Å². The second-order valence-electron chi connectivity index (χ2n) is 5.65. The number of carbonyl (C=O) groups excluding carboxylic acids is 1. The summed E-state index contributed by atoms with van der Waals surface area (Å²) >= 11 is 1.61. The van der Waals surface area contributed by atoms with Crippen LogP contribution in [0.1, 0.15) is 29.5 Å². The Labute approximate surface area is 139 Å². The third kappa shape index (κ3) is 3.99. The smallest absolute Gasteiger partial charge is 0.237 e. The van der Waals surface area contributed by atoms with E-state index in [1.165, 1.54) is 0 Å². The maximum absolute atomic E-state index is 12.3. The van der Waals surface area contributed by atoms with Gasteiger partial charge in [0.25, 0.3) is 0 Å². The number of nitrogens with one attached hydrogen (secondary N) is 1. The number of aromatic nitrogens is 1. The molecule has 0 spiro atoms. The van der Waals surface area contributed by atoms with Crippen molar-refractivity contribution in [3.63, 3.8) is 0 Å². The van der Waals surface area contributed by atoms with Crippen molar-refractivity contribution in [2.45, 2.75) is 32.5 Å². The van der Waals surface area contributed by atoms with Crippen LogP contribution in [-0.2, 0) is 16.1 Å². The molecular formula is C16H21N3O3S. The quantitative estimate of drug-likeness (QED) is 0.906. The number of carbonyl (C=O) groups is 1. The predicted octanol–water partition coefficient (Wildman–Crippen LogP) is 2.12. The summed E-state index contributed by atoms with van der Waals surface area (Å²) in [5, 5.41) is 5.92. The van der Waals surface area contributed by atoms with Crippen LogP contribution in [0.25, 0.3) is 0 Å². The standard InChI is InChI=1S/C16H21N3O3S/c1-11-10-23-16(18-11)14-9-19(5-7-22-14)12(2)15(20)17-8-13-4-3-6-21-13/h3-4,6,10,12,14H,5,7-9H2,1-2H3,(H,17,20)/t12-,14-/m1/s1. The number of nitrogens with zero attached hydrogens (tertiary/aromatic N) is 2. The van der Waals surface area contributed by atoms with E-state index >= 15 is 0 Å². The first-order chi connectivity index (χ1) is 11.1. The molecule has 2 atom stereocenters. The monoisotopic (exact) mass is 335 g/mol. The highest BCUT2D eigenvalue weighted by Crippen LogP contribution is 2.26. The molecule has 0 unspecified atom stereocenters. The van der Waals surface area contributed by atoms with Crippen molar-refractivity contribution < 1.29 is 13.9 Å². The Kier molecular flexibility index (Phi) is 5.09. The van der Waals surface area contributed by atoms with Crippen molar-refractivity contribution in [3.8, 4) is 0 Å². The van der Waals surface area contributed by atoms with Gasteiger partial charge in [0.05, 0.1) is 25.5 Å². The fraction of sp³-hybridized carbons (Fsp3) is 0.500. The molecule has 0 aliphatic carbocycles. The van der Waals surface area contributed by atoms with Crippen molar-refractivity contribution in [1.29, 1.82) is 0 Å². The van der Waals surface area contributed by atoms with E-state index in [1.54, 1.807) is 17.6 Å². The van der Waals surface area contributed by atoms with Gasteiger partial charge in [0.1, 0.15) is 16.9 Å². The second-order valence-corrected chi connectivity index (χ2v) is 6.54. The number of rotatable bonds is 5. The third-order valence-electron chi connectivity index (χ3n) is 3.95. The van der Waals surface area contributed by atoms with Crippen LogP contribution in [0.2, 0.25) is 0 Å². The van der Waals surface area contributed by atoms with Gasteiger partial charge in [-0.05, 0) is 26.0 Å². The zero-order valence-corrected chi connectivity index (χ0v) is 14.1. The number of ether oxygens (including phenoxy) is 1. The highest BCUT2D eigenvalue weighted by molar-refractivity contribution is 7.09. The molecule has 1 amide bonds. The first-order valence-corrected chi connectivity index (χ1v) is 8.59. The summed E-state index contributed by atoms with van der Waals surface area (Å²) in [6.45, 7) is 6.35. The molecule has 6 nitrogen and oxygen atoms in total. The first kappa shape index (κ1) is 16.2. The van der Waals surface area contributed by atoms with E-state index in [0.29, 0.717) is 19.7 Å². The van der Waals surface area contributed by atoms with Crippen LogP contribution in [0.3, 0.4) is 0 Å². The average molecular weight is 335 g/mol. The lowest BCUT2D eigenvalue weighted by Crippen LogP contribution is -2.50. The average Bonchev–Trinajstić information content (AvgIpc) is 3.23. The number of thiazole rings is 1. The molecule has 0 bridgehead atoms. The molecule has 1 N–H and O–H groups in total. The van der Waals surface area contributed by atoms with Gasteiger partial charge in [0.15, 0.2) is 0 Å². The van der Waals surface area contributed by atoms with Crippen LogP contribution in [-0.4, -0.2) is 41.5 Å². The van der Waals surface area contributed by atoms with Gasteiger partial charge in [0.2, 0.25) is 5.91 Å². The number of aryl methyl sites for hydroxylation is 1. The molecular weight excluding hydrogens is 314 g/mol. The molecule has 1 saturated heterocycles. The van der Waals surface area contributed by atoms with Gasteiger partial charge in [-0.1, -0.05) is 0 Å². The van der Waals surface area contributed by atoms with Gasteiger partial charge in [-0.3, -0.25) is 9.69 Å². The van der Waals surface area contributed by atoms with E-state index in [2.05, 4.69) is 15.2 Å². The Morgan fingerprint density at radius 2 is 2.48 bits per heavy atom. The Morgan fingerprint density at radius 3 is 3.17 bits per heavy atom. The van der Waals surface area contributed by atoms with Crippen molar-refractivity contribution >= 4 is 17.2 Å². The van der Waals surface area contributed by atoms with Crippen LogP contribution in [0, 0.1) is 6.92 Å². The molecule has 3 rings (SSSR count). The van der Waals surface area contributed by atoms with Crippen LogP contribution >= 0.6 is 11.3 Å². The fourth-order valence-electron chi connectivity index (χ4n) is 2.59. The van der Waals surface area contributed by atoms with E-state index in [1.807, 2.05) is 31.4 Å². The number of furan rings is 1. The third-order valence-corrected chi connectivity index (χ3v) is 5.01. The molecule has 23 heavy (non-hydrogen) atoms. The molecule has 7 heteroatoms. The van der Waals surface area contributed by atoms with Gasteiger partial charge in [-0.15, -0.1) is 11.3 Å². The topological polar surface area (TPSA) is 67.6 Å². The number of hydrogen-bond acceptors (Lipinski definition) is 6. The summed E-state index contributed by atoms with van der Waals surface area (Å²) in [5.74, 6) is 0.751. The molecule has 2 aromatic heterocycles. The summed E-state index contributed by atoms with van der Waals surface area (Å²) in [4.78, 5) is 19.0. The minimum absolute atomic E-state index is 0.00244. The van der Waals surface area contributed by atoms with E-state index in [9.17, 15) is 4.79 Å². The highest BCUT2D eigenvalue weighted by Gasteiger charge is 2.30.